The van der Waals surface area contributed by atoms with Crippen molar-refractivity contribution in [3.63, 3.8) is 0 Å². The molecule has 5 nitrogen and oxygen atoms in total. The second kappa shape index (κ2) is 8.35. The minimum Gasteiger partial charge on any atom is -0.493 e. The molecule has 9 rings (SSSR count). The highest BCUT2D eigenvalue weighted by Crippen LogP contribution is 2.76. The molecule has 2 aliphatic heterocycles. The highest BCUT2D eigenvalue weighted by molar-refractivity contribution is 5.63. The molecule has 2 unspecified atom stereocenters. The van der Waals surface area contributed by atoms with Gasteiger partial charge in [0.2, 0.25) is 0 Å². The fourth-order valence-electron chi connectivity index (χ4n) is 10.6. The molecule has 6 fully saturated rings. The summed E-state index contributed by atoms with van der Waals surface area (Å²) >= 11 is 0. The monoisotopic (exact) mass is 507 g/mol. The molecule has 37 heavy (non-hydrogen) atoms. The number of hydrogen-bond donors (Lipinski definition) is 0. The van der Waals surface area contributed by atoms with Crippen LogP contribution in [0.3, 0.4) is 0 Å². The van der Waals surface area contributed by atoms with E-state index in [-0.39, 0.29) is 22.5 Å². The van der Waals surface area contributed by atoms with E-state index in [1.165, 1.54) is 88.4 Å². The van der Waals surface area contributed by atoms with Crippen LogP contribution in [-0.4, -0.2) is 63.2 Å². The third kappa shape index (κ3) is 3.03. The molecule has 0 amide bonds. The summed E-state index contributed by atoms with van der Waals surface area (Å²) in [6.45, 7) is 4.24. The van der Waals surface area contributed by atoms with Gasteiger partial charge in [-0.15, -0.1) is 0 Å². The summed E-state index contributed by atoms with van der Waals surface area (Å²) in [5.41, 5.74) is 3.02. The van der Waals surface area contributed by atoms with Crippen molar-refractivity contribution < 1.29 is 18.9 Å². The van der Waals surface area contributed by atoms with E-state index in [1.54, 1.807) is 7.11 Å². The van der Waals surface area contributed by atoms with Gasteiger partial charge in [-0.05, 0) is 87.8 Å². The Bertz CT molecular complexity index is 1070. The van der Waals surface area contributed by atoms with E-state index in [0.717, 1.165) is 49.4 Å². The molecule has 5 heteroatoms. The second-order valence-corrected chi connectivity index (χ2v) is 13.8. The van der Waals surface area contributed by atoms with Gasteiger partial charge in [0.15, 0.2) is 11.5 Å². The van der Waals surface area contributed by atoms with E-state index in [9.17, 15) is 0 Å². The van der Waals surface area contributed by atoms with E-state index in [1.807, 2.05) is 7.11 Å². The van der Waals surface area contributed by atoms with Gasteiger partial charge in [0.05, 0.1) is 13.7 Å². The lowest BCUT2D eigenvalue weighted by molar-refractivity contribution is -0.283. The van der Waals surface area contributed by atoms with Crippen molar-refractivity contribution >= 4 is 0 Å². The molecule has 0 radical (unpaired) electrons. The van der Waals surface area contributed by atoms with Gasteiger partial charge >= 0.3 is 0 Å². The molecule has 2 spiro atoms. The standard InChI is InChI=1S/C32H45NO4/c1-34-25-11-10-23-16-26-30-12-13-32(35-2,24(17-30)20-36-19-22-6-4-3-5-7-22)29-31(30,27(23)28(25)37-29)14-15-33(26)18-21-8-9-21/h10-11,21-22,24,26,29H,3-9,12-20H2,1-2H3/t24-,26-,29-,30?,31?,32-/m1/s1. The van der Waals surface area contributed by atoms with Gasteiger partial charge in [-0.2, -0.15) is 0 Å². The molecule has 0 N–H and O–H groups in total. The molecule has 2 heterocycles. The Morgan fingerprint density at radius 2 is 1.84 bits per heavy atom. The highest BCUT2D eigenvalue weighted by atomic mass is 16.6. The van der Waals surface area contributed by atoms with Crippen molar-refractivity contribution in [1.29, 1.82) is 0 Å². The summed E-state index contributed by atoms with van der Waals surface area (Å²) in [6, 6.07) is 5.13. The van der Waals surface area contributed by atoms with Crippen LogP contribution in [0, 0.1) is 23.2 Å². The van der Waals surface area contributed by atoms with Gasteiger partial charge in [-0.1, -0.05) is 25.3 Å². The maximum absolute atomic E-state index is 7.15. The van der Waals surface area contributed by atoms with Crippen LogP contribution >= 0.6 is 0 Å². The molecule has 6 aliphatic carbocycles. The average Bonchev–Trinajstić information content (AvgIpc) is 3.68. The first-order chi connectivity index (χ1) is 18.1. The number of benzene rings is 1. The van der Waals surface area contributed by atoms with Gasteiger partial charge in [-0.3, -0.25) is 4.90 Å². The number of fused-ring (bicyclic) bond motifs is 2. The number of rotatable bonds is 8. The van der Waals surface area contributed by atoms with Crippen LogP contribution in [0.5, 0.6) is 11.5 Å². The fraction of sp³-hybridized carbons (Fsp3) is 0.812. The van der Waals surface area contributed by atoms with E-state index in [4.69, 9.17) is 18.9 Å². The number of nitrogens with zero attached hydrogens (tertiary/aromatic N) is 1. The molecule has 1 aromatic rings. The van der Waals surface area contributed by atoms with Gasteiger partial charge in [0.1, 0.15) is 11.7 Å². The molecule has 4 bridgehead atoms. The maximum Gasteiger partial charge on any atom is 0.165 e. The van der Waals surface area contributed by atoms with Crippen LogP contribution in [0.15, 0.2) is 12.1 Å². The predicted molar refractivity (Wildman–Crippen MR) is 142 cm³/mol. The Morgan fingerprint density at radius 3 is 2.62 bits per heavy atom. The Hall–Kier alpha value is -1.30. The smallest absolute Gasteiger partial charge is 0.165 e. The highest BCUT2D eigenvalue weighted by Gasteiger charge is 2.80. The zero-order chi connectivity index (χ0) is 24.8. The first-order valence-corrected chi connectivity index (χ1v) is 15.4. The van der Waals surface area contributed by atoms with Gasteiger partial charge in [0, 0.05) is 48.6 Å². The third-order valence-electron chi connectivity index (χ3n) is 12.4. The summed E-state index contributed by atoms with van der Waals surface area (Å²) in [7, 11) is 3.75. The number of ether oxygens (including phenoxy) is 4. The van der Waals surface area contributed by atoms with Crippen molar-refractivity contribution in [2.75, 3.05) is 40.5 Å². The van der Waals surface area contributed by atoms with Gasteiger partial charge < -0.3 is 18.9 Å². The van der Waals surface area contributed by atoms with Crippen molar-refractivity contribution in [2.24, 2.45) is 23.2 Å². The number of hydrogen-bond acceptors (Lipinski definition) is 5. The molecule has 6 atom stereocenters. The molecule has 5 saturated carbocycles. The maximum atomic E-state index is 7.15. The molecule has 202 valence electrons. The summed E-state index contributed by atoms with van der Waals surface area (Å²) in [6.07, 6.45) is 15.7. The van der Waals surface area contributed by atoms with E-state index in [0.29, 0.717) is 12.0 Å². The van der Waals surface area contributed by atoms with Gasteiger partial charge in [-0.25, -0.2) is 0 Å². The topological polar surface area (TPSA) is 40.2 Å². The van der Waals surface area contributed by atoms with Crippen molar-refractivity contribution in [3.05, 3.63) is 23.3 Å². The zero-order valence-electron chi connectivity index (χ0n) is 22.9. The fourth-order valence-corrected chi connectivity index (χ4v) is 10.6. The van der Waals surface area contributed by atoms with Crippen LogP contribution in [0.4, 0.5) is 0 Å². The minimum absolute atomic E-state index is 0.0449. The van der Waals surface area contributed by atoms with Crippen molar-refractivity contribution in [3.8, 4) is 11.5 Å². The first-order valence-electron chi connectivity index (χ1n) is 15.4. The Morgan fingerprint density at radius 1 is 0.973 bits per heavy atom. The van der Waals surface area contributed by atoms with Crippen LogP contribution in [0.2, 0.25) is 0 Å². The lowest BCUT2D eigenvalue weighted by atomic mass is 9.35. The second-order valence-electron chi connectivity index (χ2n) is 13.8. The molecule has 1 aromatic carbocycles. The van der Waals surface area contributed by atoms with Crippen LogP contribution < -0.4 is 9.47 Å². The summed E-state index contributed by atoms with van der Waals surface area (Å²) < 4.78 is 26.4. The quantitative estimate of drug-likeness (QED) is 0.464. The largest absolute Gasteiger partial charge is 0.493 e. The van der Waals surface area contributed by atoms with Crippen molar-refractivity contribution in [2.45, 2.75) is 100 Å². The SMILES string of the molecule is COc1ccc2c3c1O[C@@H]1C34CCN(CC3CC3)[C@H](C2)C42CC[C@@]1(OC)[C@@H](COCC1CCCCC1)C2. The molecule has 8 aliphatic rings. The third-order valence-corrected chi connectivity index (χ3v) is 12.4. The Labute approximate surface area is 222 Å². The summed E-state index contributed by atoms with van der Waals surface area (Å²) in [5.74, 6) is 4.01. The van der Waals surface area contributed by atoms with Crippen LogP contribution in [0.1, 0.15) is 81.8 Å². The van der Waals surface area contributed by atoms with Crippen molar-refractivity contribution in [1.82, 2.24) is 4.90 Å². The first kappa shape index (κ1) is 23.6. The summed E-state index contributed by atoms with van der Waals surface area (Å²) in [4.78, 5) is 2.93. The van der Waals surface area contributed by atoms with E-state index >= 15 is 0 Å². The zero-order valence-corrected chi connectivity index (χ0v) is 22.9. The molecule has 1 saturated heterocycles. The van der Waals surface area contributed by atoms with E-state index < -0.39 is 0 Å². The molecule has 0 aromatic heterocycles. The van der Waals surface area contributed by atoms with E-state index in [2.05, 4.69) is 17.0 Å². The lowest BCUT2D eigenvalue weighted by Crippen LogP contribution is -2.81. The predicted octanol–water partition coefficient (Wildman–Crippen LogP) is 5.52. The number of methoxy groups -OCH3 is 2. The normalized spacial score (nSPS) is 41.9. The molecular weight excluding hydrogens is 462 g/mol. The lowest BCUT2D eigenvalue weighted by Gasteiger charge is -2.74. The Kier molecular flexibility index (Phi) is 5.32. The minimum atomic E-state index is -0.282. The molecular formula is C32H45NO4. The average molecular weight is 508 g/mol. The Balaban J connectivity index is 1.20. The van der Waals surface area contributed by atoms with Gasteiger partial charge in [0.25, 0.3) is 0 Å². The van der Waals surface area contributed by atoms with Crippen LogP contribution in [0.25, 0.3) is 0 Å². The van der Waals surface area contributed by atoms with Crippen LogP contribution in [-0.2, 0) is 21.3 Å². The number of piperidine rings is 1. The number of likely N-dealkylation sites (tertiary alicyclic amines) is 1. The summed E-state index contributed by atoms with van der Waals surface area (Å²) in [5, 5.41) is 0.